The first-order valence-corrected chi connectivity index (χ1v) is 3.19. The van der Waals surface area contributed by atoms with Gasteiger partial charge in [-0.25, -0.2) is 4.99 Å². The molecule has 0 unspecified atom stereocenters. The molecule has 54 valence electrons. The van der Waals surface area contributed by atoms with Crippen LogP contribution in [0, 0.1) is 0 Å². The molecule has 0 aromatic carbocycles. The highest BCUT2D eigenvalue weighted by Crippen LogP contribution is 2.03. The van der Waals surface area contributed by atoms with Crippen molar-refractivity contribution >= 4 is 11.9 Å². The fraction of sp³-hybridized carbons (Fsp3) is 0.429. The zero-order chi connectivity index (χ0) is 7.40. The Morgan fingerprint density at radius 1 is 1.80 bits per heavy atom. The van der Waals surface area contributed by atoms with Crippen molar-refractivity contribution in [2.45, 2.75) is 19.8 Å². The SMILES string of the molecule is CC(=O)OC1=NC=CCC1. The molecule has 1 aliphatic rings. The Labute approximate surface area is 59.4 Å². The van der Waals surface area contributed by atoms with Gasteiger partial charge in [-0.1, -0.05) is 6.08 Å². The Morgan fingerprint density at radius 2 is 2.60 bits per heavy atom. The van der Waals surface area contributed by atoms with Crippen LogP contribution < -0.4 is 0 Å². The molecule has 0 atom stereocenters. The van der Waals surface area contributed by atoms with Gasteiger partial charge in [-0.15, -0.1) is 0 Å². The zero-order valence-corrected chi connectivity index (χ0v) is 5.83. The van der Waals surface area contributed by atoms with Gasteiger partial charge in [0.05, 0.1) is 0 Å². The highest BCUT2D eigenvalue weighted by molar-refractivity contribution is 5.88. The zero-order valence-electron chi connectivity index (χ0n) is 5.83. The Morgan fingerprint density at radius 3 is 3.10 bits per heavy atom. The molecule has 0 saturated carbocycles. The van der Waals surface area contributed by atoms with E-state index in [9.17, 15) is 4.79 Å². The van der Waals surface area contributed by atoms with E-state index >= 15 is 0 Å². The van der Waals surface area contributed by atoms with Crippen molar-refractivity contribution in [3.8, 4) is 0 Å². The number of nitrogens with zero attached hydrogens (tertiary/aromatic N) is 1. The fourth-order valence-electron chi connectivity index (χ4n) is 0.725. The first kappa shape index (κ1) is 6.99. The third-order valence-electron chi connectivity index (χ3n) is 1.11. The van der Waals surface area contributed by atoms with Crippen molar-refractivity contribution < 1.29 is 9.53 Å². The molecule has 10 heavy (non-hydrogen) atoms. The molecule has 1 heterocycles. The molecular weight excluding hydrogens is 130 g/mol. The average Bonchev–Trinajstić information content (AvgIpc) is 1.88. The van der Waals surface area contributed by atoms with Crippen molar-refractivity contribution in [3.63, 3.8) is 0 Å². The Bertz CT molecular complexity index is 194. The highest BCUT2D eigenvalue weighted by atomic mass is 16.5. The molecule has 1 aliphatic heterocycles. The minimum Gasteiger partial charge on any atom is -0.412 e. The number of rotatable bonds is 0. The molecule has 0 aromatic heterocycles. The second-order valence-corrected chi connectivity index (χ2v) is 2.04. The van der Waals surface area contributed by atoms with Crippen molar-refractivity contribution in [2.75, 3.05) is 0 Å². The maximum atomic E-state index is 10.4. The number of aliphatic imine (C=N–C) groups is 1. The van der Waals surface area contributed by atoms with Gasteiger partial charge in [0, 0.05) is 19.5 Å². The van der Waals surface area contributed by atoms with Gasteiger partial charge in [0.25, 0.3) is 0 Å². The van der Waals surface area contributed by atoms with Gasteiger partial charge in [-0.05, 0) is 6.42 Å². The summed E-state index contributed by atoms with van der Waals surface area (Å²) in [6, 6.07) is 0. The van der Waals surface area contributed by atoms with Crippen LogP contribution in [0.2, 0.25) is 0 Å². The molecule has 0 aliphatic carbocycles. The van der Waals surface area contributed by atoms with E-state index in [1.807, 2.05) is 6.08 Å². The third kappa shape index (κ3) is 2.01. The molecule has 0 aromatic rings. The summed E-state index contributed by atoms with van der Waals surface area (Å²) in [7, 11) is 0. The van der Waals surface area contributed by atoms with Crippen LogP contribution in [0.4, 0.5) is 0 Å². The molecule has 0 N–H and O–H groups in total. The van der Waals surface area contributed by atoms with Crippen molar-refractivity contribution in [1.29, 1.82) is 0 Å². The van der Waals surface area contributed by atoms with E-state index in [-0.39, 0.29) is 5.97 Å². The predicted molar refractivity (Wildman–Crippen MR) is 37.6 cm³/mol. The maximum Gasteiger partial charge on any atom is 0.309 e. The topological polar surface area (TPSA) is 38.7 Å². The van der Waals surface area contributed by atoms with E-state index in [0.29, 0.717) is 5.90 Å². The molecule has 0 amide bonds. The van der Waals surface area contributed by atoms with Crippen LogP contribution in [-0.2, 0) is 9.53 Å². The lowest BCUT2D eigenvalue weighted by atomic mass is 10.3. The minimum atomic E-state index is -0.297. The van der Waals surface area contributed by atoms with Crippen LogP contribution in [0.1, 0.15) is 19.8 Å². The quantitative estimate of drug-likeness (QED) is 0.474. The molecule has 0 bridgehead atoms. The van der Waals surface area contributed by atoms with Gasteiger partial charge < -0.3 is 4.74 Å². The van der Waals surface area contributed by atoms with Crippen molar-refractivity contribution in [2.24, 2.45) is 4.99 Å². The van der Waals surface area contributed by atoms with E-state index in [2.05, 4.69) is 4.99 Å². The second kappa shape index (κ2) is 3.15. The Balaban J connectivity index is 2.47. The van der Waals surface area contributed by atoms with E-state index in [1.54, 1.807) is 6.20 Å². The Hall–Kier alpha value is -1.12. The summed E-state index contributed by atoms with van der Waals surface area (Å²) in [5.74, 6) is 0.226. The molecule has 0 fully saturated rings. The summed E-state index contributed by atoms with van der Waals surface area (Å²) in [5.41, 5.74) is 0. The van der Waals surface area contributed by atoms with Crippen LogP contribution in [0.15, 0.2) is 17.3 Å². The van der Waals surface area contributed by atoms with E-state index in [1.165, 1.54) is 6.92 Å². The van der Waals surface area contributed by atoms with Gasteiger partial charge in [0.1, 0.15) is 0 Å². The first-order valence-electron chi connectivity index (χ1n) is 3.19. The smallest absolute Gasteiger partial charge is 0.309 e. The molecule has 0 radical (unpaired) electrons. The normalized spacial score (nSPS) is 16.3. The van der Waals surface area contributed by atoms with Crippen LogP contribution in [0.3, 0.4) is 0 Å². The number of allylic oxidation sites excluding steroid dienone is 1. The monoisotopic (exact) mass is 139 g/mol. The van der Waals surface area contributed by atoms with Crippen LogP contribution in [-0.4, -0.2) is 11.9 Å². The van der Waals surface area contributed by atoms with Gasteiger partial charge in [0.15, 0.2) is 5.90 Å². The summed E-state index contributed by atoms with van der Waals surface area (Å²) in [6.45, 7) is 1.38. The molecule has 3 nitrogen and oxygen atoms in total. The summed E-state index contributed by atoms with van der Waals surface area (Å²) in [4.78, 5) is 14.2. The number of carbonyl (C=O) groups excluding carboxylic acids is 1. The predicted octanol–water partition coefficient (Wildman–Crippen LogP) is 1.26. The number of carbonyl (C=O) groups is 1. The highest BCUT2D eigenvalue weighted by Gasteiger charge is 2.03. The van der Waals surface area contributed by atoms with Crippen LogP contribution in [0.5, 0.6) is 0 Å². The fourth-order valence-corrected chi connectivity index (χ4v) is 0.725. The van der Waals surface area contributed by atoms with E-state index < -0.39 is 0 Å². The lowest BCUT2D eigenvalue weighted by molar-refractivity contribution is -0.133. The van der Waals surface area contributed by atoms with Gasteiger partial charge >= 0.3 is 5.97 Å². The summed E-state index contributed by atoms with van der Waals surface area (Å²) in [5, 5.41) is 0. The molecular formula is C7H9NO2. The molecule has 3 heteroatoms. The van der Waals surface area contributed by atoms with Crippen molar-refractivity contribution in [1.82, 2.24) is 0 Å². The summed E-state index contributed by atoms with van der Waals surface area (Å²) < 4.78 is 4.75. The third-order valence-corrected chi connectivity index (χ3v) is 1.11. The average molecular weight is 139 g/mol. The van der Waals surface area contributed by atoms with E-state index in [0.717, 1.165) is 12.8 Å². The Kier molecular flexibility index (Phi) is 2.20. The maximum absolute atomic E-state index is 10.4. The van der Waals surface area contributed by atoms with Gasteiger partial charge in [-0.3, -0.25) is 4.79 Å². The summed E-state index contributed by atoms with van der Waals surface area (Å²) >= 11 is 0. The largest absolute Gasteiger partial charge is 0.412 e. The lowest BCUT2D eigenvalue weighted by Crippen LogP contribution is -2.09. The number of ether oxygens (including phenoxy) is 1. The first-order chi connectivity index (χ1) is 4.79. The van der Waals surface area contributed by atoms with Crippen LogP contribution in [0.25, 0.3) is 0 Å². The summed E-state index contributed by atoms with van der Waals surface area (Å²) in [6.07, 6.45) is 5.23. The number of esters is 1. The van der Waals surface area contributed by atoms with Gasteiger partial charge in [-0.2, -0.15) is 0 Å². The second-order valence-electron chi connectivity index (χ2n) is 2.04. The minimum absolute atomic E-state index is 0.297. The lowest BCUT2D eigenvalue weighted by Gasteiger charge is -2.04. The molecule has 0 spiro atoms. The van der Waals surface area contributed by atoms with Gasteiger partial charge in [0.2, 0.25) is 0 Å². The number of hydrogen-bond donors (Lipinski definition) is 0. The van der Waals surface area contributed by atoms with E-state index in [4.69, 9.17) is 4.74 Å². The van der Waals surface area contributed by atoms with Crippen LogP contribution >= 0.6 is 0 Å². The standard InChI is InChI=1S/C7H9NO2/c1-6(9)10-7-4-2-3-5-8-7/h3,5H,2,4H2,1H3. The number of hydrogen-bond acceptors (Lipinski definition) is 3. The molecule has 1 rings (SSSR count). The molecule has 0 saturated heterocycles. The van der Waals surface area contributed by atoms with Crippen molar-refractivity contribution in [3.05, 3.63) is 12.3 Å².